The Morgan fingerprint density at radius 2 is 1.76 bits per heavy atom. The molecule has 0 radical (unpaired) electrons. The first-order valence-corrected chi connectivity index (χ1v) is 9.29. The number of carbonyl (C=O) groups excluding carboxylic acids is 3. The quantitative estimate of drug-likeness (QED) is 0.786. The number of nitrogens with one attached hydrogen (secondary N) is 1. The molecule has 2 aromatic rings. The van der Waals surface area contributed by atoms with Gasteiger partial charge in [0.15, 0.2) is 13.2 Å². The van der Waals surface area contributed by atoms with Gasteiger partial charge in [-0.05, 0) is 63.1 Å². The van der Waals surface area contributed by atoms with Crippen LogP contribution in [0.1, 0.15) is 25.0 Å². The molecule has 0 aromatic heterocycles. The predicted molar refractivity (Wildman–Crippen MR) is 109 cm³/mol. The number of amides is 2. The van der Waals surface area contributed by atoms with Gasteiger partial charge in [0.05, 0.1) is 11.4 Å². The number of hydrogen-bond donors (Lipinski definition) is 1. The van der Waals surface area contributed by atoms with E-state index in [2.05, 4.69) is 5.32 Å². The van der Waals surface area contributed by atoms with Crippen molar-refractivity contribution in [2.24, 2.45) is 0 Å². The number of hydrogen-bond acceptors (Lipinski definition) is 5. The number of carbonyl (C=O) groups is 3. The fourth-order valence-electron chi connectivity index (χ4n) is 3.09. The Hall–Kier alpha value is -3.35. The van der Waals surface area contributed by atoms with Gasteiger partial charge in [0, 0.05) is 0 Å². The maximum atomic E-state index is 12.8. The molecule has 1 aliphatic heterocycles. The van der Waals surface area contributed by atoms with Crippen molar-refractivity contribution >= 4 is 29.2 Å². The molecule has 0 fully saturated rings. The third kappa shape index (κ3) is 4.23. The molecule has 2 aromatic carbocycles. The lowest BCUT2D eigenvalue weighted by Crippen LogP contribution is -2.59. The SMILES string of the molecule is Cc1ccc(OCC(=O)OCC(=O)N2c3ccccc3NC(=O)C2(C)C)cc1C. The highest BCUT2D eigenvalue weighted by Gasteiger charge is 2.43. The van der Waals surface area contributed by atoms with Crippen LogP contribution in [-0.4, -0.2) is 36.5 Å². The van der Waals surface area contributed by atoms with Crippen molar-refractivity contribution < 1.29 is 23.9 Å². The lowest BCUT2D eigenvalue weighted by molar-refractivity contribution is -0.150. The normalized spacial score (nSPS) is 14.6. The number of fused-ring (bicyclic) bond motifs is 1. The Bertz CT molecular complexity index is 967. The van der Waals surface area contributed by atoms with E-state index in [4.69, 9.17) is 9.47 Å². The van der Waals surface area contributed by atoms with Crippen molar-refractivity contribution in [2.45, 2.75) is 33.2 Å². The fraction of sp³-hybridized carbons (Fsp3) is 0.318. The van der Waals surface area contributed by atoms with Crippen LogP contribution in [0.5, 0.6) is 5.75 Å². The number of ether oxygens (including phenoxy) is 2. The maximum absolute atomic E-state index is 12.8. The molecule has 1 N–H and O–H groups in total. The molecular weight excluding hydrogens is 372 g/mol. The average molecular weight is 396 g/mol. The largest absolute Gasteiger partial charge is 0.482 e. The molecule has 152 valence electrons. The van der Waals surface area contributed by atoms with Crippen LogP contribution in [0.25, 0.3) is 0 Å². The number of para-hydroxylation sites is 2. The van der Waals surface area contributed by atoms with Crippen LogP contribution in [0.15, 0.2) is 42.5 Å². The van der Waals surface area contributed by atoms with Gasteiger partial charge >= 0.3 is 5.97 Å². The second kappa shape index (κ2) is 7.95. The summed E-state index contributed by atoms with van der Waals surface area (Å²) >= 11 is 0. The lowest BCUT2D eigenvalue weighted by atomic mass is 9.96. The summed E-state index contributed by atoms with van der Waals surface area (Å²) in [6, 6.07) is 12.5. The van der Waals surface area contributed by atoms with Crippen molar-refractivity contribution in [1.82, 2.24) is 0 Å². The van der Waals surface area contributed by atoms with Gasteiger partial charge in [-0.25, -0.2) is 4.79 Å². The van der Waals surface area contributed by atoms with E-state index in [-0.39, 0.29) is 12.5 Å². The van der Waals surface area contributed by atoms with Crippen LogP contribution in [0.3, 0.4) is 0 Å². The number of nitrogens with zero attached hydrogens (tertiary/aromatic N) is 1. The topological polar surface area (TPSA) is 84.9 Å². The van der Waals surface area contributed by atoms with Gasteiger partial charge in [0.25, 0.3) is 5.91 Å². The Morgan fingerprint density at radius 1 is 1.03 bits per heavy atom. The van der Waals surface area contributed by atoms with Crippen molar-refractivity contribution in [3.05, 3.63) is 53.6 Å². The summed E-state index contributed by atoms with van der Waals surface area (Å²) in [5.74, 6) is -0.908. The molecule has 0 bridgehead atoms. The highest BCUT2D eigenvalue weighted by atomic mass is 16.6. The van der Waals surface area contributed by atoms with E-state index in [0.717, 1.165) is 11.1 Å². The minimum Gasteiger partial charge on any atom is -0.482 e. The standard InChI is InChI=1S/C22H24N2O5/c1-14-9-10-16(11-15(14)2)28-13-20(26)29-12-19(25)24-18-8-6-5-7-17(18)23-21(27)22(24,3)4/h5-11H,12-13H2,1-4H3,(H,23,27). The summed E-state index contributed by atoms with van der Waals surface area (Å²) in [7, 11) is 0. The second-order valence-electron chi connectivity index (χ2n) is 7.45. The van der Waals surface area contributed by atoms with Crippen molar-refractivity contribution in [3.8, 4) is 5.75 Å². The van der Waals surface area contributed by atoms with Crippen LogP contribution in [0, 0.1) is 13.8 Å². The monoisotopic (exact) mass is 396 g/mol. The molecule has 2 amide bonds. The number of esters is 1. The maximum Gasteiger partial charge on any atom is 0.344 e. The molecule has 7 nitrogen and oxygen atoms in total. The molecule has 1 heterocycles. The van der Waals surface area contributed by atoms with Gasteiger partial charge in [0.1, 0.15) is 11.3 Å². The Morgan fingerprint density at radius 3 is 2.48 bits per heavy atom. The zero-order valence-corrected chi connectivity index (χ0v) is 16.9. The summed E-state index contributed by atoms with van der Waals surface area (Å²) in [6.45, 7) is 6.42. The van der Waals surface area contributed by atoms with E-state index >= 15 is 0 Å². The molecule has 0 spiro atoms. The van der Waals surface area contributed by atoms with Gasteiger partial charge < -0.3 is 14.8 Å². The van der Waals surface area contributed by atoms with Crippen LogP contribution in [0.2, 0.25) is 0 Å². The molecule has 7 heteroatoms. The summed E-state index contributed by atoms with van der Waals surface area (Å²) < 4.78 is 10.5. The van der Waals surface area contributed by atoms with Crippen molar-refractivity contribution in [3.63, 3.8) is 0 Å². The van der Waals surface area contributed by atoms with E-state index in [9.17, 15) is 14.4 Å². The third-order valence-electron chi connectivity index (χ3n) is 4.95. The highest BCUT2D eigenvalue weighted by molar-refractivity contribution is 6.14. The van der Waals surface area contributed by atoms with Crippen LogP contribution < -0.4 is 15.0 Å². The second-order valence-corrected chi connectivity index (χ2v) is 7.45. The molecule has 3 rings (SSSR count). The van der Waals surface area contributed by atoms with Crippen molar-refractivity contribution in [1.29, 1.82) is 0 Å². The zero-order valence-electron chi connectivity index (χ0n) is 16.9. The van der Waals surface area contributed by atoms with Gasteiger partial charge in [-0.15, -0.1) is 0 Å². The molecule has 0 unspecified atom stereocenters. The summed E-state index contributed by atoms with van der Waals surface area (Å²) in [6.07, 6.45) is 0. The lowest BCUT2D eigenvalue weighted by Gasteiger charge is -2.41. The minimum atomic E-state index is -1.12. The first-order chi connectivity index (χ1) is 13.7. The summed E-state index contributed by atoms with van der Waals surface area (Å²) in [5, 5.41) is 2.79. The minimum absolute atomic E-state index is 0.309. The van der Waals surface area contributed by atoms with E-state index in [1.807, 2.05) is 26.0 Å². The molecule has 0 saturated carbocycles. The number of rotatable bonds is 5. The smallest absolute Gasteiger partial charge is 0.344 e. The van der Waals surface area contributed by atoms with Crippen molar-refractivity contribution in [2.75, 3.05) is 23.4 Å². The van der Waals surface area contributed by atoms with E-state index in [0.29, 0.717) is 17.1 Å². The number of anilines is 2. The Labute approximate surface area is 169 Å². The number of aryl methyl sites for hydroxylation is 2. The van der Waals surface area contributed by atoms with Gasteiger partial charge in [0.2, 0.25) is 5.91 Å². The Balaban J connectivity index is 1.63. The van der Waals surface area contributed by atoms with E-state index in [1.54, 1.807) is 44.2 Å². The summed E-state index contributed by atoms with van der Waals surface area (Å²) in [5.41, 5.74) is 2.15. The molecular formula is C22H24N2O5. The molecule has 0 atom stereocenters. The van der Waals surface area contributed by atoms with Crippen LogP contribution in [-0.2, 0) is 19.1 Å². The van der Waals surface area contributed by atoms with Crippen LogP contribution in [0.4, 0.5) is 11.4 Å². The first kappa shape index (κ1) is 20.4. The highest BCUT2D eigenvalue weighted by Crippen LogP contribution is 2.36. The predicted octanol–water partition coefficient (Wildman–Crippen LogP) is 2.99. The Kier molecular flexibility index (Phi) is 5.59. The van der Waals surface area contributed by atoms with Crippen LogP contribution >= 0.6 is 0 Å². The molecule has 29 heavy (non-hydrogen) atoms. The molecule has 0 saturated heterocycles. The summed E-state index contributed by atoms with van der Waals surface area (Å²) in [4.78, 5) is 38.6. The fourth-order valence-corrected chi connectivity index (χ4v) is 3.09. The average Bonchev–Trinajstić information content (AvgIpc) is 2.68. The van der Waals surface area contributed by atoms with Gasteiger partial charge in [-0.3, -0.25) is 14.5 Å². The van der Waals surface area contributed by atoms with Gasteiger partial charge in [-0.2, -0.15) is 0 Å². The molecule has 0 aliphatic carbocycles. The first-order valence-electron chi connectivity index (χ1n) is 9.29. The van der Waals surface area contributed by atoms with E-state index in [1.165, 1.54) is 4.90 Å². The zero-order chi connectivity index (χ0) is 21.2. The molecule has 1 aliphatic rings. The van der Waals surface area contributed by atoms with E-state index < -0.39 is 24.0 Å². The number of benzene rings is 2. The van der Waals surface area contributed by atoms with Gasteiger partial charge in [-0.1, -0.05) is 18.2 Å². The third-order valence-corrected chi connectivity index (χ3v) is 4.95.